The summed E-state index contributed by atoms with van der Waals surface area (Å²) < 4.78 is 33.3. The Balaban J connectivity index is 1.32. The fourth-order valence-corrected chi connectivity index (χ4v) is 6.76. The Bertz CT molecular complexity index is 1580. The van der Waals surface area contributed by atoms with E-state index in [0.29, 0.717) is 59.9 Å². The molecule has 3 aromatic rings. The summed E-state index contributed by atoms with van der Waals surface area (Å²) in [5.41, 5.74) is 2.36. The lowest BCUT2D eigenvalue weighted by atomic mass is 9.98. The number of rotatable bonds is 10. The Kier molecular flexibility index (Phi) is 7.19. The smallest absolute Gasteiger partial charge is 0.295 e. The van der Waals surface area contributed by atoms with E-state index in [1.54, 1.807) is 29.1 Å². The zero-order valence-electron chi connectivity index (χ0n) is 23.2. The van der Waals surface area contributed by atoms with Gasteiger partial charge in [0.2, 0.25) is 15.9 Å². The predicted octanol–water partition coefficient (Wildman–Crippen LogP) is 2.97. The Morgan fingerprint density at radius 3 is 2.48 bits per heavy atom. The van der Waals surface area contributed by atoms with E-state index in [2.05, 4.69) is 32.2 Å². The molecule has 1 atom stereocenters. The molecule has 4 heterocycles. The first kappa shape index (κ1) is 27.0. The van der Waals surface area contributed by atoms with Crippen molar-refractivity contribution in [3.05, 3.63) is 28.6 Å². The van der Waals surface area contributed by atoms with Gasteiger partial charge in [-0.1, -0.05) is 0 Å². The number of fused-ring (bicyclic) bond motifs is 1. The molecule has 0 amide bonds. The lowest BCUT2D eigenvalue weighted by Gasteiger charge is -2.31. The molecule has 0 unspecified atom stereocenters. The number of anilines is 1. The van der Waals surface area contributed by atoms with Crippen LogP contribution in [0.4, 0.5) is 5.82 Å². The fourth-order valence-electron chi connectivity index (χ4n) is 5.63. The molecule has 1 N–H and O–H groups in total. The molecule has 1 saturated heterocycles. The number of nitrogens with zero attached hydrogens (tertiary/aromatic N) is 7. The lowest BCUT2D eigenvalue weighted by molar-refractivity contribution is 0.282. The van der Waals surface area contributed by atoms with Crippen LogP contribution < -0.4 is 15.6 Å². The van der Waals surface area contributed by atoms with Crippen molar-refractivity contribution in [1.82, 2.24) is 33.8 Å². The van der Waals surface area contributed by atoms with Crippen molar-refractivity contribution in [2.75, 3.05) is 37.8 Å². The van der Waals surface area contributed by atoms with E-state index in [1.807, 2.05) is 0 Å². The zero-order chi connectivity index (χ0) is 28.0. The van der Waals surface area contributed by atoms with Gasteiger partial charge in [-0.05, 0) is 64.2 Å². The molecule has 3 aromatic heterocycles. The minimum atomic E-state index is -3.17. The van der Waals surface area contributed by atoms with E-state index in [0.717, 1.165) is 44.2 Å². The molecule has 0 radical (unpaired) electrons. The number of aromatic nitrogens is 6. The van der Waals surface area contributed by atoms with Crippen molar-refractivity contribution in [1.29, 1.82) is 0 Å². The highest BCUT2D eigenvalue weighted by Crippen LogP contribution is 2.45. The van der Waals surface area contributed by atoms with E-state index >= 15 is 0 Å². The van der Waals surface area contributed by atoms with Crippen LogP contribution in [0.1, 0.15) is 70.0 Å². The molecule has 0 bridgehead atoms. The number of methoxy groups -OCH3 is 1. The number of sulfonamides is 1. The summed E-state index contributed by atoms with van der Waals surface area (Å²) in [7, 11) is -1.60. The highest BCUT2D eigenvalue weighted by Gasteiger charge is 2.34. The monoisotopic (exact) mass is 568 g/mol. The number of nitrogens with one attached hydrogen (secondary N) is 1. The van der Waals surface area contributed by atoms with Crippen LogP contribution in [0.3, 0.4) is 0 Å². The molecule has 2 saturated carbocycles. The zero-order valence-corrected chi connectivity index (χ0v) is 24.0. The molecule has 40 heavy (non-hydrogen) atoms. The van der Waals surface area contributed by atoms with Crippen LogP contribution in [-0.2, 0) is 10.0 Å². The van der Waals surface area contributed by atoms with Crippen molar-refractivity contribution in [3.8, 4) is 17.3 Å². The summed E-state index contributed by atoms with van der Waals surface area (Å²) in [6, 6.07) is -0.0411. The average molecular weight is 569 g/mol. The molecule has 3 aliphatic rings. The van der Waals surface area contributed by atoms with Crippen molar-refractivity contribution in [3.63, 3.8) is 0 Å². The van der Waals surface area contributed by atoms with Crippen LogP contribution in [-0.4, -0.2) is 74.7 Å². The van der Waals surface area contributed by atoms with Gasteiger partial charge in [-0.15, -0.1) is 0 Å². The largest absolute Gasteiger partial charge is 0.480 e. The molecule has 12 nitrogen and oxygen atoms in total. The third-order valence-corrected chi connectivity index (χ3v) is 10.3. The van der Waals surface area contributed by atoms with E-state index in [1.165, 1.54) is 6.33 Å². The lowest BCUT2D eigenvalue weighted by Crippen LogP contribution is -2.41. The molecule has 6 rings (SSSR count). The summed E-state index contributed by atoms with van der Waals surface area (Å²) in [5, 5.41) is 3.29. The third kappa shape index (κ3) is 5.16. The second kappa shape index (κ2) is 10.7. The van der Waals surface area contributed by atoms with Gasteiger partial charge in [-0.3, -0.25) is 9.36 Å². The van der Waals surface area contributed by atoms with Crippen LogP contribution in [0.5, 0.6) is 5.88 Å². The molecule has 13 heteroatoms. The van der Waals surface area contributed by atoms with E-state index in [4.69, 9.17) is 9.72 Å². The van der Waals surface area contributed by atoms with Gasteiger partial charge in [0.05, 0.1) is 24.8 Å². The predicted molar refractivity (Wildman–Crippen MR) is 151 cm³/mol. The first-order valence-corrected chi connectivity index (χ1v) is 15.8. The van der Waals surface area contributed by atoms with Crippen LogP contribution in [0.2, 0.25) is 0 Å². The number of ether oxygens (including phenoxy) is 1. The Hall–Kier alpha value is -3.19. The second-order valence-electron chi connectivity index (χ2n) is 11.2. The summed E-state index contributed by atoms with van der Waals surface area (Å²) in [6.45, 7) is 5.29. The van der Waals surface area contributed by atoms with Crippen molar-refractivity contribution in [2.45, 2.75) is 64.3 Å². The van der Waals surface area contributed by atoms with Gasteiger partial charge in [-0.25, -0.2) is 37.6 Å². The minimum Gasteiger partial charge on any atom is -0.480 e. The summed E-state index contributed by atoms with van der Waals surface area (Å²) in [5.74, 6) is 2.24. The van der Waals surface area contributed by atoms with Gasteiger partial charge >= 0.3 is 0 Å². The van der Waals surface area contributed by atoms with Gasteiger partial charge in [0, 0.05) is 31.6 Å². The third-order valence-electron chi connectivity index (χ3n) is 8.46. The fraction of sp³-hybridized carbons (Fsp3) is 0.630. The van der Waals surface area contributed by atoms with Crippen LogP contribution in [0.25, 0.3) is 22.6 Å². The number of hydrogen-bond donors (Lipinski definition) is 1. The molecule has 214 valence electrons. The topological polar surface area (TPSA) is 145 Å². The maximum Gasteiger partial charge on any atom is 0.295 e. The van der Waals surface area contributed by atoms with Gasteiger partial charge in [0.15, 0.2) is 17.3 Å². The molecule has 0 spiro atoms. The molecular weight excluding hydrogens is 532 g/mol. The Morgan fingerprint density at radius 2 is 1.82 bits per heavy atom. The van der Waals surface area contributed by atoms with Gasteiger partial charge in [0.1, 0.15) is 17.4 Å². The first-order valence-electron chi connectivity index (χ1n) is 14.2. The molecule has 2 aliphatic carbocycles. The Labute approximate surface area is 233 Å². The standard InChI is InChI=1S/C27H36N8O4S/c1-4-40(37,38)34-11-9-17(10-12-34)13-28-24-27(36)35(16(2)18-5-6-18)25-20(32-24)14-29-23(33-25)21-22(19-7-8-19)30-15-31-26(21)39-3/h14-19H,4-13H2,1-3H3,(H,28,32)/t16-/m0/s1. The summed E-state index contributed by atoms with van der Waals surface area (Å²) in [6.07, 6.45) is 8.89. The first-order chi connectivity index (χ1) is 19.3. The van der Waals surface area contributed by atoms with Crippen LogP contribution >= 0.6 is 0 Å². The highest BCUT2D eigenvalue weighted by atomic mass is 32.2. The van der Waals surface area contributed by atoms with Crippen LogP contribution in [0, 0.1) is 11.8 Å². The van der Waals surface area contributed by atoms with Crippen molar-refractivity contribution < 1.29 is 13.2 Å². The quantitative estimate of drug-likeness (QED) is 0.387. The summed E-state index contributed by atoms with van der Waals surface area (Å²) >= 11 is 0. The average Bonchev–Trinajstić information content (AvgIpc) is 3.89. The van der Waals surface area contributed by atoms with Crippen molar-refractivity contribution >= 4 is 27.0 Å². The normalized spacial score (nSPS) is 19.6. The van der Waals surface area contributed by atoms with E-state index in [-0.39, 0.29) is 29.1 Å². The second-order valence-corrected chi connectivity index (χ2v) is 13.4. The van der Waals surface area contributed by atoms with E-state index in [9.17, 15) is 13.2 Å². The molecule has 1 aliphatic heterocycles. The SMILES string of the molecule is CCS(=O)(=O)N1CCC(CNc2nc3cnc(-c4c(OC)ncnc4C4CC4)nc3n([C@@H](C)C3CC3)c2=O)CC1. The minimum absolute atomic E-state index is 0.0411. The number of hydrogen-bond acceptors (Lipinski definition) is 10. The maximum absolute atomic E-state index is 13.8. The molecular formula is C27H36N8O4S. The number of piperidine rings is 1. The highest BCUT2D eigenvalue weighted by molar-refractivity contribution is 7.89. The Morgan fingerprint density at radius 1 is 1.07 bits per heavy atom. The molecule has 0 aromatic carbocycles. The van der Waals surface area contributed by atoms with Gasteiger partial charge in [-0.2, -0.15) is 0 Å². The van der Waals surface area contributed by atoms with Gasteiger partial charge in [0.25, 0.3) is 5.56 Å². The summed E-state index contributed by atoms with van der Waals surface area (Å²) in [4.78, 5) is 36.9. The van der Waals surface area contributed by atoms with Gasteiger partial charge < -0.3 is 10.1 Å². The van der Waals surface area contributed by atoms with Crippen LogP contribution in [0.15, 0.2) is 17.3 Å². The maximum atomic E-state index is 13.8. The van der Waals surface area contributed by atoms with E-state index < -0.39 is 10.0 Å². The van der Waals surface area contributed by atoms with Crippen molar-refractivity contribution in [2.24, 2.45) is 11.8 Å². The molecule has 3 fully saturated rings.